The van der Waals surface area contributed by atoms with Crippen LogP contribution in [-0.4, -0.2) is 134 Å². The molecule has 0 spiro atoms. The number of alkyl halides is 3. The van der Waals surface area contributed by atoms with E-state index in [0.717, 1.165) is 156 Å². The Morgan fingerprint density at radius 2 is 0.740 bits per heavy atom. The third kappa shape index (κ3) is 20.3. The van der Waals surface area contributed by atoms with Crippen molar-refractivity contribution >= 4 is 105 Å². The van der Waals surface area contributed by atoms with Gasteiger partial charge >= 0.3 is 15.6 Å². The van der Waals surface area contributed by atoms with Gasteiger partial charge in [-0.05, 0) is 213 Å². The lowest BCUT2D eigenvalue weighted by Gasteiger charge is -2.38. The molecule has 640 valence electrons. The van der Waals surface area contributed by atoms with Gasteiger partial charge in [0.2, 0.25) is 5.88 Å². The van der Waals surface area contributed by atoms with E-state index in [2.05, 4.69) is 121 Å². The van der Waals surface area contributed by atoms with E-state index in [1.807, 2.05) is 163 Å². The Hall–Kier alpha value is -11.7. The van der Waals surface area contributed by atoms with Crippen LogP contribution in [0.25, 0.3) is 78.4 Å². The zero-order chi connectivity index (χ0) is 88.1. The van der Waals surface area contributed by atoms with Crippen LogP contribution >= 0.6 is 39.1 Å². The van der Waals surface area contributed by atoms with E-state index in [1.54, 1.807) is 39.3 Å². The van der Waals surface area contributed by atoms with E-state index in [-0.39, 0.29) is 32.9 Å². The summed E-state index contributed by atoms with van der Waals surface area (Å²) < 4.78 is 76.8. The fourth-order valence-corrected chi connectivity index (χ4v) is 16.3. The summed E-state index contributed by atoms with van der Waals surface area (Å²) in [6.07, 6.45) is 29.4. The van der Waals surface area contributed by atoms with E-state index in [4.69, 9.17) is 38.9 Å². The minimum absolute atomic E-state index is 0.0597. The number of fused-ring (bicyclic) bond motifs is 8. The number of aryl methyl sites for hydroxylation is 8. The summed E-state index contributed by atoms with van der Waals surface area (Å²) in [5, 5.41) is 4.03. The summed E-state index contributed by atoms with van der Waals surface area (Å²) in [7, 11) is -5.88. The number of hydrogen-bond acceptors (Lipinski definition) is 19. The highest BCUT2D eigenvalue weighted by Crippen LogP contribution is 2.35. The van der Waals surface area contributed by atoms with Gasteiger partial charge in [0.1, 0.15) is 22.6 Å². The molecule has 0 saturated carbocycles. The number of piperidine rings is 3. The average Bonchev–Trinajstić information content (AvgIpc) is 1.60. The number of nitrogens with zero attached hydrogens (tertiary/aromatic N) is 18. The van der Waals surface area contributed by atoms with Crippen LogP contribution < -0.4 is 47.3 Å². The molecule has 0 aliphatic carbocycles. The van der Waals surface area contributed by atoms with Crippen LogP contribution in [0.1, 0.15) is 119 Å². The van der Waals surface area contributed by atoms with Crippen LogP contribution in [0.2, 0.25) is 10.0 Å². The predicted octanol–water partition coefficient (Wildman–Crippen LogP) is 16.2. The molecule has 19 rings (SSSR count). The van der Waals surface area contributed by atoms with E-state index in [1.165, 1.54) is 54.7 Å². The Kier molecular flexibility index (Phi) is 24.9. The van der Waals surface area contributed by atoms with Gasteiger partial charge in [0.15, 0.2) is 0 Å². The topological polar surface area (TPSA) is 295 Å². The van der Waals surface area contributed by atoms with Gasteiger partial charge in [0, 0.05) is 145 Å². The largest absolute Gasteiger partial charge is 0.534 e. The predicted molar refractivity (Wildman–Crippen MR) is 480 cm³/mol. The smallest absolute Gasteiger partial charge is 0.370 e. The summed E-state index contributed by atoms with van der Waals surface area (Å²) in [4.78, 5) is 89.9. The van der Waals surface area contributed by atoms with Gasteiger partial charge in [-0.15, -0.1) is 0 Å². The number of aromatic nitrogens is 16. The number of nitrogens with one attached hydrogen (secondary N) is 1. The Bertz CT molecular complexity index is 6920. The molecular weight excluding hydrogens is 1700 g/mol. The first-order chi connectivity index (χ1) is 58.1. The molecule has 3 aliphatic rings. The van der Waals surface area contributed by atoms with Crippen LogP contribution in [0.4, 0.5) is 24.5 Å². The van der Waals surface area contributed by atoms with Gasteiger partial charge in [-0.2, -0.15) is 26.6 Å². The Labute approximate surface area is 724 Å². The van der Waals surface area contributed by atoms with Gasteiger partial charge in [-0.25, -0.2) is 15.0 Å². The Balaban J connectivity index is 0.000000125. The summed E-state index contributed by atoms with van der Waals surface area (Å²) >= 11 is 15.0. The number of rotatable bonds is 7. The monoisotopic (exact) mass is 1790 g/mol. The van der Waals surface area contributed by atoms with E-state index in [9.17, 15) is 40.8 Å². The summed E-state index contributed by atoms with van der Waals surface area (Å²) in [5.74, 6) is -0.977. The highest BCUT2D eigenvalue weighted by Gasteiger charge is 2.49. The fraction of sp³-hybridized carbons (Fsp3) is 0.326. The molecule has 0 aromatic carbocycles. The van der Waals surface area contributed by atoms with Crippen LogP contribution in [0, 0.1) is 66.2 Å². The first kappa shape index (κ1) is 87.7. The molecule has 0 atom stereocenters. The van der Waals surface area contributed by atoms with Crippen molar-refractivity contribution in [1.29, 1.82) is 0 Å². The molecule has 19 heterocycles. The molecule has 0 unspecified atom stereocenters. The molecule has 3 N–H and O–H groups in total. The van der Waals surface area contributed by atoms with Crippen molar-refractivity contribution in [2.75, 3.05) is 49.1 Å². The summed E-state index contributed by atoms with van der Waals surface area (Å²) in [6, 6.07) is 27.4. The molecule has 16 aromatic heterocycles. The van der Waals surface area contributed by atoms with Crippen LogP contribution in [0.3, 0.4) is 0 Å². The maximum Gasteiger partial charge on any atom is 0.534 e. The fourth-order valence-electron chi connectivity index (χ4n) is 15.2. The molecule has 16 aromatic rings. The molecule has 27 nitrogen and oxygen atoms in total. The standard InChI is InChI=1S/C24H27N5O.C23H26N6O.C17H13ClN4O.C9H9BrN2.C9H4ClF3N2O4S.C7H15N/c1-16-13-28-14-18(11-21(28)17(2)25-16)20-12-23(30)29-15-19(5-6-22(29)26-20)27-9-7-24(3,4)8-10-27;1-15-12-28-13-17(10-20(28)16(2)25-15)19-11-22(30)29-14-18(4-5-21(29)26-19)27-8-6-23(3,24)7-9-27;1-10-7-21-8-12(5-15(21)11(2)19-10)14-6-17(23)22-9-13(18)3-4-16(22)20-14;1-6-4-12-5-8(10)3-9(12)7(2)11-6;10-5-1-2-6-14-7(3-8(16)15(6)4-5)19-20(17,18)9(11,12)13;1-7(2)3-5-8-6-4-7/h5-6,11-15H,7-10H2,1-4H3;4-5,10-14H,6-9,24H2,1-3H3;3-9H,1-2H3;3-5H,1-2H3;1-4H;8H,3-6H2,1-2H3. The normalized spacial score (nSPS) is 15.1. The second kappa shape index (κ2) is 34.9. The molecule has 3 aliphatic heterocycles. The number of nitrogens with two attached hydrogens (primary N) is 1. The minimum atomic E-state index is -5.88. The van der Waals surface area contributed by atoms with E-state index >= 15 is 0 Å². The first-order valence-electron chi connectivity index (χ1n) is 40.0. The van der Waals surface area contributed by atoms with Gasteiger partial charge in [0.05, 0.1) is 112 Å². The molecule has 0 amide bonds. The molecule has 3 saturated heterocycles. The number of pyridine rings is 4. The maximum atomic E-state index is 12.9. The van der Waals surface area contributed by atoms with E-state index < -0.39 is 27.1 Å². The second-order valence-corrected chi connectivity index (χ2v) is 36.7. The first-order valence-corrected chi connectivity index (χ1v) is 43.0. The van der Waals surface area contributed by atoms with Crippen molar-refractivity contribution in [3.63, 3.8) is 0 Å². The van der Waals surface area contributed by atoms with Crippen molar-refractivity contribution in [3.05, 3.63) is 273 Å². The molecule has 0 bridgehead atoms. The van der Waals surface area contributed by atoms with Crippen LogP contribution in [0.5, 0.6) is 5.88 Å². The highest BCUT2D eigenvalue weighted by atomic mass is 79.9. The zero-order valence-electron chi connectivity index (χ0n) is 70.3. The van der Waals surface area contributed by atoms with Gasteiger partial charge in [0.25, 0.3) is 22.2 Å². The number of anilines is 2. The summed E-state index contributed by atoms with van der Waals surface area (Å²) in [5.41, 5.74) is 21.0. The van der Waals surface area contributed by atoms with Gasteiger partial charge < -0.3 is 42.6 Å². The third-order valence-electron chi connectivity index (χ3n) is 22.1. The van der Waals surface area contributed by atoms with Gasteiger partial charge in [-0.3, -0.25) is 56.7 Å². The van der Waals surface area contributed by atoms with Gasteiger partial charge in [-0.1, -0.05) is 50.9 Å². The Morgan fingerprint density at radius 3 is 1.11 bits per heavy atom. The molecular formula is C89H94BrCl2F3N20O7S. The second-order valence-electron chi connectivity index (χ2n) is 33.3. The Morgan fingerprint density at radius 1 is 0.415 bits per heavy atom. The minimum Gasteiger partial charge on any atom is -0.370 e. The van der Waals surface area contributed by atoms with E-state index in [0.29, 0.717) is 55.9 Å². The average molecular weight is 1800 g/mol. The molecule has 34 heteroatoms. The number of hydrogen-bond donors (Lipinski definition) is 2. The van der Waals surface area contributed by atoms with Crippen molar-refractivity contribution in [2.24, 2.45) is 16.6 Å². The number of halogens is 6. The SMILES string of the molecule is CC1(C)CCNCC1.Cc1cn2cc(-c3cc(=O)n4cc(Cl)ccc4n3)cc2c(C)n1.Cc1cn2cc(-c3cc(=O)n4cc(N5CCC(C)(C)CC5)ccc4n3)cc2c(C)n1.Cc1cn2cc(-c3cc(=O)n4cc(N5CCC(C)(N)CC5)ccc4n3)cc2c(C)n1.Cc1cn2cc(Br)cc2c(C)n1.O=c1cc(OS(=O)(=O)C(F)(F)F)nc2ccc(Cl)cn12. The lowest BCUT2D eigenvalue weighted by Crippen LogP contribution is -2.48. The van der Waals surface area contributed by atoms with Crippen molar-refractivity contribution < 1.29 is 25.8 Å². The van der Waals surface area contributed by atoms with Crippen molar-refractivity contribution in [2.45, 2.75) is 140 Å². The van der Waals surface area contributed by atoms with Crippen molar-refractivity contribution in [3.8, 4) is 39.7 Å². The molecule has 123 heavy (non-hydrogen) atoms. The maximum absolute atomic E-state index is 12.9. The zero-order valence-corrected chi connectivity index (χ0v) is 74.2. The van der Waals surface area contributed by atoms with Crippen LogP contribution in [-0.2, 0) is 10.1 Å². The highest BCUT2D eigenvalue weighted by molar-refractivity contribution is 9.10. The van der Waals surface area contributed by atoms with Crippen LogP contribution in [0.15, 0.2) is 195 Å². The third-order valence-corrected chi connectivity index (χ3v) is 23.9. The van der Waals surface area contributed by atoms with Crippen molar-refractivity contribution in [1.82, 2.24) is 80.4 Å². The molecule has 0 radical (unpaired) electrons. The summed E-state index contributed by atoms with van der Waals surface area (Å²) in [6.45, 7) is 33.6. The molecule has 3 fully saturated rings. The quantitative estimate of drug-likeness (QED) is 0.111. The lowest BCUT2D eigenvalue weighted by molar-refractivity contribution is -0.0501. The lowest BCUT2D eigenvalue weighted by atomic mass is 9.82.